The van der Waals surface area contributed by atoms with Gasteiger partial charge in [0.2, 0.25) is 5.95 Å². The first-order chi connectivity index (χ1) is 12.4. The minimum absolute atomic E-state index is 0.675. The highest BCUT2D eigenvalue weighted by Gasteiger charge is 2.13. The Balaban J connectivity index is 1.43. The summed E-state index contributed by atoms with van der Waals surface area (Å²) in [7, 11) is 0. The van der Waals surface area contributed by atoms with Gasteiger partial charge in [-0.2, -0.15) is 4.98 Å². The van der Waals surface area contributed by atoms with Crippen molar-refractivity contribution < 1.29 is 0 Å². The van der Waals surface area contributed by atoms with Gasteiger partial charge < -0.3 is 15.1 Å². The molecule has 0 bridgehead atoms. The van der Waals surface area contributed by atoms with Gasteiger partial charge in [-0.1, -0.05) is 0 Å². The van der Waals surface area contributed by atoms with Crippen molar-refractivity contribution in [3.05, 3.63) is 36.5 Å². The molecule has 4 rings (SSSR count). The molecule has 0 aliphatic carbocycles. The minimum Gasteiger partial charge on any atom is -0.372 e. The van der Waals surface area contributed by atoms with E-state index in [0.717, 1.165) is 24.6 Å². The van der Waals surface area contributed by atoms with Crippen LogP contribution in [0.1, 0.15) is 38.5 Å². The number of rotatable bonds is 4. The fraction of sp³-hybridized carbons (Fsp3) is 0.500. The highest BCUT2D eigenvalue weighted by molar-refractivity contribution is 5.60. The van der Waals surface area contributed by atoms with Crippen LogP contribution in [-0.2, 0) is 0 Å². The van der Waals surface area contributed by atoms with Crippen molar-refractivity contribution in [2.75, 3.05) is 41.3 Å². The molecule has 0 radical (unpaired) electrons. The molecule has 5 nitrogen and oxygen atoms in total. The summed E-state index contributed by atoms with van der Waals surface area (Å²) in [6.45, 7) is 4.55. The van der Waals surface area contributed by atoms with Gasteiger partial charge in [-0.05, 0) is 68.9 Å². The maximum atomic E-state index is 4.70. The van der Waals surface area contributed by atoms with E-state index in [9.17, 15) is 0 Å². The zero-order chi connectivity index (χ0) is 16.9. The summed E-state index contributed by atoms with van der Waals surface area (Å²) in [5.41, 5.74) is 2.35. The van der Waals surface area contributed by atoms with E-state index in [-0.39, 0.29) is 0 Å². The first-order valence-electron chi connectivity index (χ1n) is 9.58. The van der Waals surface area contributed by atoms with Gasteiger partial charge in [0.25, 0.3) is 0 Å². The number of benzene rings is 1. The van der Waals surface area contributed by atoms with Crippen molar-refractivity contribution in [3.8, 4) is 0 Å². The Kier molecular flexibility index (Phi) is 5.00. The molecule has 1 aromatic carbocycles. The first kappa shape index (κ1) is 16.2. The molecule has 0 amide bonds. The second-order valence-electron chi connectivity index (χ2n) is 7.01. The van der Waals surface area contributed by atoms with Crippen molar-refractivity contribution in [1.82, 2.24) is 9.97 Å². The molecule has 0 atom stereocenters. The van der Waals surface area contributed by atoms with E-state index in [4.69, 9.17) is 4.98 Å². The van der Waals surface area contributed by atoms with Crippen LogP contribution in [0, 0.1) is 0 Å². The van der Waals surface area contributed by atoms with E-state index in [0.29, 0.717) is 5.95 Å². The lowest BCUT2D eigenvalue weighted by molar-refractivity contribution is 0.573. The van der Waals surface area contributed by atoms with Crippen LogP contribution in [0.15, 0.2) is 36.5 Å². The molecule has 3 heterocycles. The average Bonchev–Trinajstić information content (AvgIpc) is 2.70. The standard InChI is InChI=1S/C20H27N5/c1-3-13-24(14-4-1)18-9-7-17(8-10-18)22-20-21-12-11-19(23-20)25-15-5-2-6-16-25/h7-12H,1-6,13-16H2,(H,21,22,23). The minimum atomic E-state index is 0.675. The van der Waals surface area contributed by atoms with Crippen LogP contribution in [-0.4, -0.2) is 36.1 Å². The molecule has 25 heavy (non-hydrogen) atoms. The van der Waals surface area contributed by atoms with Gasteiger partial charge in [0.05, 0.1) is 0 Å². The Hall–Kier alpha value is -2.30. The zero-order valence-electron chi connectivity index (χ0n) is 14.8. The summed E-state index contributed by atoms with van der Waals surface area (Å²) in [4.78, 5) is 13.9. The normalized spacial score (nSPS) is 18.2. The van der Waals surface area contributed by atoms with Gasteiger partial charge >= 0.3 is 0 Å². The molecule has 5 heteroatoms. The third-order valence-electron chi connectivity index (χ3n) is 5.17. The van der Waals surface area contributed by atoms with E-state index in [1.165, 1.54) is 57.3 Å². The highest BCUT2D eigenvalue weighted by Crippen LogP contribution is 2.24. The molecule has 132 valence electrons. The van der Waals surface area contributed by atoms with Crippen molar-refractivity contribution >= 4 is 23.1 Å². The van der Waals surface area contributed by atoms with Gasteiger partial charge in [-0.25, -0.2) is 4.98 Å². The molecule has 0 unspecified atom stereocenters. The molecular weight excluding hydrogens is 310 g/mol. The monoisotopic (exact) mass is 337 g/mol. The Morgan fingerprint density at radius 3 is 2.04 bits per heavy atom. The van der Waals surface area contributed by atoms with Crippen molar-refractivity contribution in [3.63, 3.8) is 0 Å². The van der Waals surface area contributed by atoms with Crippen molar-refractivity contribution in [2.45, 2.75) is 38.5 Å². The largest absolute Gasteiger partial charge is 0.372 e. The molecule has 2 aromatic rings. The number of piperidine rings is 2. The van der Waals surface area contributed by atoms with Gasteiger partial charge in [-0.15, -0.1) is 0 Å². The predicted octanol–water partition coefficient (Wildman–Crippen LogP) is 4.20. The molecule has 2 fully saturated rings. The van der Waals surface area contributed by atoms with Crippen molar-refractivity contribution in [2.24, 2.45) is 0 Å². The summed E-state index contributed by atoms with van der Waals surface area (Å²) in [5.74, 6) is 1.70. The molecule has 0 saturated carbocycles. The number of nitrogens with one attached hydrogen (secondary N) is 1. The maximum absolute atomic E-state index is 4.70. The van der Waals surface area contributed by atoms with Crippen LogP contribution in [0.4, 0.5) is 23.1 Å². The summed E-state index contributed by atoms with van der Waals surface area (Å²) in [6, 6.07) is 10.7. The lowest BCUT2D eigenvalue weighted by atomic mass is 10.1. The molecule has 1 aromatic heterocycles. The number of aromatic nitrogens is 2. The van der Waals surface area contributed by atoms with Crippen molar-refractivity contribution in [1.29, 1.82) is 0 Å². The van der Waals surface area contributed by atoms with Crippen LogP contribution in [0.25, 0.3) is 0 Å². The summed E-state index contributed by atoms with van der Waals surface area (Å²) in [5, 5.41) is 3.35. The fourth-order valence-corrected chi connectivity index (χ4v) is 3.75. The number of nitrogens with zero attached hydrogens (tertiary/aromatic N) is 4. The number of anilines is 4. The van der Waals surface area contributed by atoms with Gasteiger partial charge in [0.1, 0.15) is 5.82 Å². The highest BCUT2D eigenvalue weighted by atomic mass is 15.2. The van der Waals surface area contributed by atoms with Crippen LogP contribution >= 0.6 is 0 Å². The molecule has 1 N–H and O–H groups in total. The Morgan fingerprint density at radius 1 is 0.720 bits per heavy atom. The third-order valence-corrected chi connectivity index (χ3v) is 5.17. The maximum Gasteiger partial charge on any atom is 0.229 e. The van der Waals surface area contributed by atoms with Crippen LogP contribution < -0.4 is 15.1 Å². The summed E-state index contributed by atoms with van der Waals surface area (Å²) in [6.07, 6.45) is 9.65. The lowest BCUT2D eigenvalue weighted by Gasteiger charge is -2.29. The van der Waals surface area contributed by atoms with Gasteiger partial charge in [0.15, 0.2) is 0 Å². The summed E-state index contributed by atoms with van der Waals surface area (Å²) >= 11 is 0. The Morgan fingerprint density at radius 2 is 1.36 bits per heavy atom. The second kappa shape index (κ2) is 7.72. The van der Waals surface area contributed by atoms with Gasteiger partial charge in [0, 0.05) is 43.8 Å². The SMILES string of the molecule is c1cc(N2CCCCC2)nc(Nc2ccc(N3CCCCC3)cc2)n1. The average molecular weight is 337 g/mol. The fourth-order valence-electron chi connectivity index (χ4n) is 3.75. The molecule has 2 saturated heterocycles. The molecule has 2 aliphatic heterocycles. The Bertz CT molecular complexity index is 673. The van der Waals surface area contributed by atoms with E-state index < -0.39 is 0 Å². The molecule has 2 aliphatic rings. The first-order valence-corrected chi connectivity index (χ1v) is 9.58. The van der Waals surface area contributed by atoms with Gasteiger partial charge in [-0.3, -0.25) is 0 Å². The van der Waals surface area contributed by atoms with E-state index in [1.54, 1.807) is 0 Å². The topological polar surface area (TPSA) is 44.3 Å². The smallest absolute Gasteiger partial charge is 0.229 e. The number of hydrogen-bond donors (Lipinski definition) is 1. The molecular formula is C20H27N5. The third kappa shape index (κ3) is 4.03. The van der Waals surface area contributed by atoms with Crippen LogP contribution in [0.5, 0.6) is 0 Å². The van der Waals surface area contributed by atoms with E-state index in [1.807, 2.05) is 12.3 Å². The van der Waals surface area contributed by atoms with Crippen LogP contribution in [0.3, 0.4) is 0 Å². The quantitative estimate of drug-likeness (QED) is 0.906. The second-order valence-corrected chi connectivity index (χ2v) is 7.01. The zero-order valence-corrected chi connectivity index (χ0v) is 14.8. The molecule has 0 spiro atoms. The van der Waals surface area contributed by atoms with Crippen LogP contribution in [0.2, 0.25) is 0 Å². The van der Waals surface area contributed by atoms with E-state index in [2.05, 4.69) is 44.4 Å². The lowest BCUT2D eigenvalue weighted by Crippen LogP contribution is -2.30. The predicted molar refractivity (Wildman–Crippen MR) is 104 cm³/mol. The van der Waals surface area contributed by atoms with E-state index >= 15 is 0 Å². The summed E-state index contributed by atoms with van der Waals surface area (Å²) < 4.78 is 0. The number of hydrogen-bond acceptors (Lipinski definition) is 5. The Labute approximate surface area is 150 Å².